The monoisotopic (exact) mass is 490 g/mol. The van der Waals surface area contributed by atoms with Crippen LogP contribution in [0.2, 0.25) is 0 Å². The Kier molecular flexibility index (Phi) is 15.6. The molecule has 2 aliphatic rings. The van der Waals surface area contributed by atoms with Crippen LogP contribution < -0.4 is 0 Å². The zero-order chi connectivity index (χ0) is 25.4. The lowest BCUT2D eigenvalue weighted by atomic mass is 9.71. The average Bonchev–Trinajstić information content (AvgIpc) is 2.83. The van der Waals surface area contributed by atoms with Gasteiger partial charge in [-0.05, 0) is 50.6 Å². The molecular weight excluding hydrogens is 428 g/mol. The van der Waals surface area contributed by atoms with Crippen LogP contribution in [0, 0.1) is 17.3 Å². The highest BCUT2D eigenvalue weighted by molar-refractivity contribution is 5.77. The molecule has 0 N–H and O–H groups in total. The summed E-state index contributed by atoms with van der Waals surface area (Å²) in [5.74, 6) is 1.88. The van der Waals surface area contributed by atoms with Crippen molar-refractivity contribution in [1.29, 1.82) is 0 Å². The van der Waals surface area contributed by atoms with Crippen molar-refractivity contribution in [1.82, 2.24) is 9.80 Å². The molecular formula is C32H62N2O. The first-order valence-electron chi connectivity index (χ1n) is 16.0. The van der Waals surface area contributed by atoms with Gasteiger partial charge in [-0.3, -0.25) is 4.79 Å². The van der Waals surface area contributed by atoms with E-state index in [1.165, 1.54) is 135 Å². The van der Waals surface area contributed by atoms with Gasteiger partial charge in [0.15, 0.2) is 0 Å². The van der Waals surface area contributed by atoms with Crippen molar-refractivity contribution in [2.45, 2.75) is 150 Å². The second-order valence-electron chi connectivity index (χ2n) is 12.6. The van der Waals surface area contributed by atoms with Crippen LogP contribution in [0.3, 0.4) is 0 Å². The number of hydrogen-bond acceptors (Lipinski definition) is 2. The normalized spacial score (nSPS) is 18.8. The molecule has 0 aromatic rings. The third kappa shape index (κ3) is 12.0. The fraction of sp³-hybridized carbons (Fsp3) is 0.969. The van der Waals surface area contributed by atoms with Crippen LogP contribution in [0.4, 0.5) is 0 Å². The van der Waals surface area contributed by atoms with Crippen LogP contribution in [0.15, 0.2) is 0 Å². The number of likely N-dealkylation sites (tertiary alicyclic amines) is 2. The van der Waals surface area contributed by atoms with Gasteiger partial charge in [0.2, 0.25) is 5.91 Å². The first-order chi connectivity index (χ1) is 17.0. The van der Waals surface area contributed by atoms with Gasteiger partial charge in [0, 0.05) is 31.5 Å². The number of unbranched alkanes of at least 4 members (excludes halogenated alkanes) is 10. The van der Waals surface area contributed by atoms with Gasteiger partial charge in [0.1, 0.15) is 0 Å². The second kappa shape index (κ2) is 17.8. The summed E-state index contributed by atoms with van der Waals surface area (Å²) in [6, 6.07) is 0. The minimum atomic E-state index is 0.429. The maximum atomic E-state index is 12.8. The molecule has 0 aromatic heterocycles. The Morgan fingerprint density at radius 3 is 1.74 bits per heavy atom. The maximum Gasteiger partial charge on any atom is 0.222 e. The number of nitrogens with zero attached hydrogens (tertiary/aromatic N) is 2. The lowest BCUT2D eigenvalue weighted by Gasteiger charge is -2.54. The van der Waals surface area contributed by atoms with E-state index >= 15 is 0 Å². The number of carbonyl (C=O) groups excluding carboxylic acids is 1. The molecule has 2 fully saturated rings. The van der Waals surface area contributed by atoms with Gasteiger partial charge in [-0.15, -0.1) is 0 Å². The van der Waals surface area contributed by atoms with Gasteiger partial charge in [0.05, 0.1) is 0 Å². The minimum Gasteiger partial charge on any atom is -0.341 e. The predicted molar refractivity (Wildman–Crippen MR) is 153 cm³/mol. The van der Waals surface area contributed by atoms with Crippen LogP contribution in [-0.4, -0.2) is 48.4 Å². The summed E-state index contributed by atoms with van der Waals surface area (Å²) in [6.45, 7) is 15.1. The molecule has 0 aliphatic carbocycles. The number of rotatable bonds is 20. The quantitative estimate of drug-likeness (QED) is 0.159. The van der Waals surface area contributed by atoms with Crippen molar-refractivity contribution in [3.05, 3.63) is 0 Å². The Hall–Kier alpha value is -0.570. The number of piperidine rings is 1. The highest BCUT2D eigenvalue weighted by atomic mass is 16.2. The molecule has 3 nitrogen and oxygen atoms in total. The summed E-state index contributed by atoms with van der Waals surface area (Å²) in [5.41, 5.74) is 0.452. The van der Waals surface area contributed by atoms with Crippen molar-refractivity contribution in [3.8, 4) is 0 Å². The molecule has 35 heavy (non-hydrogen) atoms. The van der Waals surface area contributed by atoms with E-state index in [2.05, 4.69) is 37.5 Å². The van der Waals surface area contributed by atoms with Crippen molar-refractivity contribution in [2.75, 3.05) is 32.7 Å². The molecule has 206 valence electrons. The molecule has 0 aromatic carbocycles. The third-order valence-corrected chi connectivity index (χ3v) is 9.09. The molecule has 0 radical (unpaired) electrons. The van der Waals surface area contributed by atoms with E-state index in [4.69, 9.17) is 0 Å². The molecule has 0 saturated carbocycles. The van der Waals surface area contributed by atoms with E-state index in [1.807, 2.05) is 0 Å². The molecule has 2 aliphatic heterocycles. The zero-order valence-electron chi connectivity index (χ0n) is 24.4. The SMILES string of the molecule is CCCCCCCC(C)CC(=O)N1CC2(CCN(CC(CCCCCC)CCCCCC)CC2)C1. The van der Waals surface area contributed by atoms with Gasteiger partial charge >= 0.3 is 0 Å². The fourth-order valence-corrected chi connectivity index (χ4v) is 6.50. The zero-order valence-corrected chi connectivity index (χ0v) is 24.4. The standard InChI is InChI=1S/C32H62N2O/c1-5-8-11-14-15-18-29(4)25-31(35)34-27-32(28-34)21-23-33(24-22-32)26-30(19-16-12-9-6-2)20-17-13-10-7-3/h29-30H,5-28H2,1-4H3. The van der Waals surface area contributed by atoms with Gasteiger partial charge in [0.25, 0.3) is 0 Å². The Labute approximate surface area is 220 Å². The van der Waals surface area contributed by atoms with E-state index in [0.717, 1.165) is 25.4 Å². The molecule has 2 saturated heterocycles. The molecule has 1 spiro atoms. The molecule has 2 rings (SSSR count). The smallest absolute Gasteiger partial charge is 0.222 e. The Bertz CT molecular complexity index is 520. The van der Waals surface area contributed by atoms with Crippen molar-refractivity contribution in [2.24, 2.45) is 17.3 Å². The van der Waals surface area contributed by atoms with E-state index < -0.39 is 0 Å². The third-order valence-electron chi connectivity index (χ3n) is 9.09. The minimum absolute atomic E-state index is 0.429. The molecule has 2 heterocycles. The summed E-state index contributed by atoms with van der Waals surface area (Å²) in [6.07, 6.45) is 25.3. The Morgan fingerprint density at radius 1 is 0.714 bits per heavy atom. The van der Waals surface area contributed by atoms with E-state index in [0.29, 0.717) is 17.2 Å². The van der Waals surface area contributed by atoms with Gasteiger partial charge in [-0.25, -0.2) is 0 Å². The Morgan fingerprint density at radius 2 is 1.20 bits per heavy atom. The number of amides is 1. The second-order valence-corrected chi connectivity index (χ2v) is 12.6. The van der Waals surface area contributed by atoms with Crippen LogP contribution in [-0.2, 0) is 4.79 Å². The first-order valence-corrected chi connectivity index (χ1v) is 16.0. The summed E-state index contributed by atoms with van der Waals surface area (Å²) in [4.78, 5) is 17.8. The molecule has 0 bridgehead atoms. The van der Waals surface area contributed by atoms with Gasteiger partial charge in [-0.1, -0.05) is 118 Å². The molecule has 1 unspecified atom stereocenters. The summed E-state index contributed by atoms with van der Waals surface area (Å²) < 4.78 is 0. The highest BCUT2D eigenvalue weighted by Crippen LogP contribution is 2.41. The molecule has 1 amide bonds. The van der Waals surface area contributed by atoms with Gasteiger partial charge in [-0.2, -0.15) is 0 Å². The van der Waals surface area contributed by atoms with E-state index in [9.17, 15) is 4.79 Å². The Balaban J connectivity index is 1.64. The van der Waals surface area contributed by atoms with Crippen LogP contribution in [0.25, 0.3) is 0 Å². The average molecular weight is 491 g/mol. The topological polar surface area (TPSA) is 23.6 Å². The molecule has 1 atom stereocenters. The predicted octanol–water partition coefficient (Wildman–Crippen LogP) is 8.85. The number of carbonyl (C=O) groups is 1. The van der Waals surface area contributed by atoms with Crippen molar-refractivity contribution < 1.29 is 4.79 Å². The van der Waals surface area contributed by atoms with Gasteiger partial charge < -0.3 is 9.80 Å². The molecule has 3 heteroatoms. The van der Waals surface area contributed by atoms with E-state index in [1.54, 1.807) is 0 Å². The van der Waals surface area contributed by atoms with Crippen LogP contribution in [0.5, 0.6) is 0 Å². The first kappa shape index (κ1) is 30.7. The summed E-state index contributed by atoms with van der Waals surface area (Å²) in [7, 11) is 0. The highest BCUT2D eigenvalue weighted by Gasteiger charge is 2.46. The largest absolute Gasteiger partial charge is 0.341 e. The number of hydrogen-bond donors (Lipinski definition) is 0. The van der Waals surface area contributed by atoms with E-state index in [-0.39, 0.29) is 0 Å². The lowest BCUT2D eigenvalue weighted by molar-refractivity contribution is -0.147. The fourth-order valence-electron chi connectivity index (χ4n) is 6.50. The summed E-state index contributed by atoms with van der Waals surface area (Å²) in [5, 5.41) is 0. The van der Waals surface area contributed by atoms with Crippen LogP contribution in [0.1, 0.15) is 150 Å². The maximum absolute atomic E-state index is 12.8. The van der Waals surface area contributed by atoms with Crippen molar-refractivity contribution in [3.63, 3.8) is 0 Å². The van der Waals surface area contributed by atoms with Crippen LogP contribution >= 0.6 is 0 Å². The summed E-state index contributed by atoms with van der Waals surface area (Å²) >= 11 is 0. The van der Waals surface area contributed by atoms with Crippen molar-refractivity contribution >= 4 is 5.91 Å². The lowest BCUT2D eigenvalue weighted by Crippen LogP contribution is -2.62.